The summed E-state index contributed by atoms with van der Waals surface area (Å²) >= 11 is 0. The molecular formula is C13H17NO4. The highest BCUT2D eigenvalue weighted by molar-refractivity contribution is 5.48. The van der Waals surface area contributed by atoms with E-state index in [9.17, 15) is 5.11 Å². The molecule has 0 spiro atoms. The molecule has 0 radical (unpaired) electrons. The number of hydrogen-bond acceptors (Lipinski definition) is 5. The molecule has 0 amide bonds. The second-order valence-corrected chi connectivity index (χ2v) is 4.78. The van der Waals surface area contributed by atoms with Crippen molar-refractivity contribution in [3.8, 4) is 11.5 Å². The minimum atomic E-state index is -0.727. The van der Waals surface area contributed by atoms with Crippen molar-refractivity contribution in [1.29, 1.82) is 0 Å². The van der Waals surface area contributed by atoms with Crippen LogP contribution in [0.3, 0.4) is 0 Å². The van der Waals surface area contributed by atoms with E-state index in [-0.39, 0.29) is 6.79 Å². The Hall–Kier alpha value is -1.30. The summed E-state index contributed by atoms with van der Waals surface area (Å²) in [6.45, 7) is 2.50. The average Bonchev–Trinajstić information content (AvgIpc) is 2.98. The molecule has 1 aromatic rings. The van der Waals surface area contributed by atoms with Crippen molar-refractivity contribution in [3.05, 3.63) is 23.8 Å². The molecule has 1 saturated heterocycles. The molecule has 1 atom stereocenters. The van der Waals surface area contributed by atoms with Gasteiger partial charge in [-0.3, -0.25) is 0 Å². The highest BCUT2D eigenvalue weighted by Gasteiger charge is 2.31. The lowest BCUT2D eigenvalue weighted by Crippen LogP contribution is -2.40. The zero-order valence-electron chi connectivity index (χ0n) is 10.1. The highest BCUT2D eigenvalue weighted by Crippen LogP contribution is 2.35. The molecule has 0 saturated carbocycles. The zero-order valence-corrected chi connectivity index (χ0v) is 10.1. The first-order chi connectivity index (χ1) is 8.77. The molecule has 0 bridgehead atoms. The topological polar surface area (TPSA) is 60.0 Å². The number of benzene rings is 1. The van der Waals surface area contributed by atoms with E-state index in [0.717, 1.165) is 17.1 Å². The van der Waals surface area contributed by atoms with Gasteiger partial charge in [-0.05, 0) is 6.07 Å². The molecule has 5 nitrogen and oxygen atoms in total. The van der Waals surface area contributed by atoms with Gasteiger partial charge in [-0.25, -0.2) is 0 Å². The number of aliphatic hydroxyl groups is 1. The monoisotopic (exact) mass is 251 g/mol. The van der Waals surface area contributed by atoms with Crippen LogP contribution in [-0.2, 0) is 11.3 Å². The summed E-state index contributed by atoms with van der Waals surface area (Å²) < 4.78 is 15.9. The molecule has 1 aromatic carbocycles. The van der Waals surface area contributed by atoms with Crippen molar-refractivity contribution in [2.75, 3.05) is 26.6 Å². The molecule has 1 unspecified atom stereocenters. The van der Waals surface area contributed by atoms with Gasteiger partial charge in [0.25, 0.3) is 0 Å². The average molecular weight is 251 g/mol. The van der Waals surface area contributed by atoms with Gasteiger partial charge in [0.1, 0.15) is 5.60 Å². The van der Waals surface area contributed by atoms with Crippen LogP contribution in [0, 0.1) is 0 Å². The van der Waals surface area contributed by atoms with E-state index in [4.69, 9.17) is 14.2 Å². The summed E-state index contributed by atoms with van der Waals surface area (Å²) in [5.74, 6) is 1.59. The molecule has 1 fully saturated rings. The molecule has 98 valence electrons. The Labute approximate surface area is 106 Å². The molecule has 2 heterocycles. The number of rotatable bonds is 4. The molecule has 2 N–H and O–H groups in total. The maximum Gasteiger partial charge on any atom is 0.231 e. The van der Waals surface area contributed by atoms with E-state index in [1.165, 1.54) is 0 Å². The van der Waals surface area contributed by atoms with Gasteiger partial charge in [-0.15, -0.1) is 0 Å². The Balaban J connectivity index is 1.59. The molecular weight excluding hydrogens is 234 g/mol. The summed E-state index contributed by atoms with van der Waals surface area (Å²) in [4.78, 5) is 0. The number of para-hydroxylation sites is 1. The smallest absolute Gasteiger partial charge is 0.231 e. The molecule has 0 aliphatic carbocycles. The molecule has 3 rings (SSSR count). The molecule has 2 aliphatic rings. The Morgan fingerprint density at radius 3 is 3.11 bits per heavy atom. The van der Waals surface area contributed by atoms with E-state index in [0.29, 0.717) is 32.7 Å². The van der Waals surface area contributed by atoms with Crippen LogP contribution in [0.4, 0.5) is 0 Å². The third kappa shape index (κ3) is 2.29. The molecule has 18 heavy (non-hydrogen) atoms. The standard InChI is InChI=1S/C13H17NO4/c15-13(4-5-16-8-13)7-14-6-10-2-1-3-11-12(10)18-9-17-11/h1-3,14-15H,4-9H2. The van der Waals surface area contributed by atoms with E-state index >= 15 is 0 Å². The van der Waals surface area contributed by atoms with Crippen molar-refractivity contribution >= 4 is 0 Å². The van der Waals surface area contributed by atoms with Crippen LogP contribution < -0.4 is 14.8 Å². The first-order valence-electron chi connectivity index (χ1n) is 6.15. The maximum atomic E-state index is 10.1. The summed E-state index contributed by atoms with van der Waals surface area (Å²) in [6, 6.07) is 5.83. The van der Waals surface area contributed by atoms with E-state index in [1.54, 1.807) is 0 Å². The van der Waals surface area contributed by atoms with Crippen LogP contribution in [0.25, 0.3) is 0 Å². The lowest BCUT2D eigenvalue weighted by atomic mass is 10.0. The summed E-state index contributed by atoms with van der Waals surface area (Å²) in [6.07, 6.45) is 0.687. The Morgan fingerprint density at radius 1 is 1.33 bits per heavy atom. The van der Waals surface area contributed by atoms with Gasteiger partial charge in [0.15, 0.2) is 11.5 Å². The van der Waals surface area contributed by atoms with Crippen molar-refractivity contribution in [1.82, 2.24) is 5.32 Å². The van der Waals surface area contributed by atoms with Crippen molar-refractivity contribution in [2.45, 2.75) is 18.6 Å². The highest BCUT2D eigenvalue weighted by atomic mass is 16.7. The Morgan fingerprint density at radius 2 is 2.28 bits per heavy atom. The predicted molar refractivity (Wildman–Crippen MR) is 64.7 cm³/mol. The fourth-order valence-electron chi connectivity index (χ4n) is 2.30. The molecule has 5 heteroatoms. The van der Waals surface area contributed by atoms with Gasteiger partial charge in [0.05, 0.1) is 6.61 Å². The molecule has 2 aliphatic heterocycles. The van der Waals surface area contributed by atoms with Gasteiger partial charge in [0, 0.05) is 31.7 Å². The van der Waals surface area contributed by atoms with Crippen LogP contribution in [-0.4, -0.2) is 37.3 Å². The Bertz CT molecular complexity index is 429. The van der Waals surface area contributed by atoms with Crippen LogP contribution in [0.2, 0.25) is 0 Å². The molecule has 0 aromatic heterocycles. The summed E-state index contributed by atoms with van der Waals surface area (Å²) in [5.41, 5.74) is 0.322. The van der Waals surface area contributed by atoms with Gasteiger partial charge < -0.3 is 24.6 Å². The lowest BCUT2D eigenvalue weighted by molar-refractivity contribution is 0.0268. The second-order valence-electron chi connectivity index (χ2n) is 4.78. The first kappa shape index (κ1) is 11.8. The summed E-state index contributed by atoms with van der Waals surface area (Å²) in [5, 5.41) is 13.4. The van der Waals surface area contributed by atoms with Crippen LogP contribution in [0.1, 0.15) is 12.0 Å². The van der Waals surface area contributed by atoms with Crippen molar-refractivity contribution in [2.24, 2.45) is 0 Å². The second kappa shape index (κ2) is 4.76. The lowest BCUT2D eigenvalue weighted by Gasteiger charge is -2.20. The number of ether oxygens (including phenoxy) is 3. The van der Waals surface area contributed by atoms with Crippen LogP contribution >= 0.6 is 0 Å². The van der Waals surface area contributed by atoms with Crippen LogP contribution in [0.15, 0.2) is 18.2 Å². The predicted octanol–water partition coefficient (Wildman–Crippen LogP) is 0.656. The van der Waals surface area contributed by atoms with Gasteiger partial charge in [0.2, 0.25) is 6.79 Å². The van der Waals surface area contributed by atoms with Crippen molar-refractivity contribution in [3.63, 3.8) is 0 Å². The Kier molecular flexibility index (Phi) is 3.11. The van der Waals surface area contributed by atoms with Gasteiger partial charge in [-0.2, -0.15) is 0 Å². The zero-order chi connectivity index (χ0) is 12.4. The van der Waals surface area contributed by atoms with E-state index in [2.05, 4.69) is 5.32 Å². The van der Waals surface area contributed by atoms with Crippen LogP contribution in [0.5, 0.6) is 11.5 Å². The normalized spacial score (nSPS) is 25.6. The maximum absolute atomic E-state index is 10.1. The van der Waals surface area contributed by atoms with Crippen molar-refractivity contribution < 1.29 is 19.3 Å². The third-order valence-electron chi connectivity index (χ3n) is 3.33. The number of nitrogens with one attached hydrogen (secondary N) is 1. The quantitative estimate of drug-likeness (QED) is 0.823. The fraction of sp³-hybridized carbons (Fsp3) is 0.538. The minimum absolute atomic E-state index is 0.282. The first-order valence-corrected chi connectivity index (χ1v) is 6.15. The number of hydrogen-bond donors (Lipinski definition) is 2. The largest absolute Gasteiger partial charge is 0.454 e. The van der Waals surface area contributed by atoms with E-state index < -0.39 is 5.60 Å². The third-order valence-corrected chi connectivity index (χ3v) is 3.33. The SMILES string of the molecule is OC1(CNCc2cccc3c2OCO3)CCOC1. The summed E-state index contributed by atoms with van der Waals surface area (Å²) in [7, 11) is 0. The van der Waals surface area contributed by atoms with Gasteiger partial charge in [-0.1, -0.05) is 12.1 Å². The fourth-order valence-corrected chi connectivity index (χ4v) is 2.30. The van der Waals surface area contributed by atoms with E-state index in [1.807, 2.05) is 18.2 Å². The number of fused-ring (bicyclic) bond motifs is 1. The van der Waals surface area contributed by atoms with Gasteiger partial charge >= 0.3 is 0 Å². The minimum Gasteiger partial charge on any atom is -0.454 e.